The Morgan fingerprint density at radius 2 is 2.27 bits per heavy atom. The molecule has 1 spiro atoms. The van der Waals surface area contributed by atoms with Gasteiger partial charge in [0, 0.05) is 12.6 Å². The molecular formula is C11H18N2O2. The van der Waals surface area contributed by atoms with Gasteiger partial charge in [-0.2, -0.15) is 0 Å². The molecule has 1 heterocycles. The Hall–Kier alpha value is -0.610. The van der Waals surface area contributed by atoms with Gasteiger partial charge in [-0.25, -0.2) is 0 Å². The summed E-state index contributed by atoms with van der Waals surface area (Å²) in [7, 11) is 0. The third kappa shape index (κ3) is 1.39. The first kappa shape index (κ1) is 9.60. The molecule has 3 fully saturated rings. The first-order chi connectivity index (χ1) is 7.25. The molecule has 1 saturated heterocycles. The molecule has 0 unspecified atom stereocenters. The molecule has 0 aromatic rings. The molecule has 1 aliphatic heterocycles. The number of carbonyl (C=O) groups is 1. The van der Waals surface area contributed by atoms with Gasteiger partial charge in [-0.3, -0.25) is 10.1 Å². The van der Waals surface area contributed by atoms with Crippen LogP contribution in [-0.4, -0.2) is 41.8 Å². The van der Waals surface area contributed by atoms with Crippen molar-refractivity contribution < 1.29 is 9.53 Å². The van der Waals surface area contributed by atoms with Crippen molar-refractivity contribution in [3.8, 4) is 0 Å². The summed E-state index contributed by atoms with van der Waals surface area (Å²) in [6.45, 7) is 3.56. The van der Waals surface area contributed by atoms with Crippen molar-refractivity contribution in [2.45, 2.75) is 50.3 Å². The predicted molar refractivity (Wildman–Crippen MR) is 55.2 cm³/mol. The lowest BCUT2D eigenvalue weighted by Gasteiger charge is -2.40. The Kier molecular flexibility index (Phi) is 2.04. The van der Waals surface area contributed by atoms with Crippen molar-refractivity contribution in [3.63, 3.8) is 0 Å². The van der Waals surface area contributed by atoms with Crippen molar-refractivity contribution in [1.29, 1.82) is 0 Å². The molecule has 2 saturated carbocycles. The van der Waals surface area contributed by atoms with Gasteiger partial charge in [0.2, 0.25) is 5.91 Å². The molecule has 0 radical (unpaired) electrons. The minimum Gasteiger partial charge on any atom is -0.378 e. The summed E-state index contributed by atoms with van der Waals surface area (Å²) in [5.41, 5.74) is -0.128. The standard InChI is InChI=1S/C11H18N2O2/c1-2-15-9-5-8(6-9)13-7-12-11(3-4-11)10(13)14/h8-9,12H,2-7H2,1H3. The van der Waals surface area contributed by atoms with Crippen LogP contribution in [0.4, 0.5) is 0 Å². The largest absolute Gasteiger partial charge is 0.378 e. The second-order valence-corrected chi connectivity index (χ2v) is 4.89. The molecule has 0 aromatic carbocycles. The molecule has 1 N–H and O–H groups in total. The summed E-state index contributed by atoms with van der Waals surface area (Å²) in [5, 5.41) is 3.34. The molecule has 3 aliphatic rings. The zero-order valence-corrected chi connectivity index (χ0v) is 9.16. The summed E-state index contributed by atoms with van der Waals surface area (Å²) in [6.07, 6.45) is 4.51. The van der Waals surface area contributed by atoms with E-state index in [0.717, 1.165) is 39.0 Å². The SMILES string of the molecule is CCOC1CC(N2CNC3(CC3)C2=O)C1. The molecule has 15 heavy (non-hydrogen) atoms. The molecule has 2 aliphatic carbocycles. The molecule has 4 nitrogen and oxygen atoms in total. The van der Waals surface area contributed by atoms with E-state index in [1.54, 1.807) is 0 Å². The van der Waals surface area contributed by atoms with E-state index in [4.69, 9.17) is 4.74 Å². The van der Waals surface area contributed by atoms with Crippen molar-refractivity contribution in [2.75, 3.05) is 13.3 Å². The first-order valence-electron chi connectivity index (χ1n) is 5.93. The zero-order chi connectivity index (χ0) is 10.5. The van der Waals surface area contributed by atoms with E-state index in [1.807, 2.05) is 11.8 Å². The van der Waals surface area contributed by atoms with E-state index >= 15 is 0 Å². The fourth-order valence-electron chi connectivity index (χ4n) is 2.63. The van der Waals surface area contributed by atoms with Crippen molar-refractivity contribution in [3.05, 3.63) is 0 Å². The lowest BCUT2D eigenvalue weighted by molar-refractivity contribution is -0.136. The molecule has 4 heteroatoms. The van der Waals surface area contributed by atoms with Crippen LogP contribution < -0.4 is 5.32 Å². The van der Waals surface area contributed by atoms with Crippen molar-refractivity contribution in [1.82, 2.24) is 10.2 Å². The predicted octanol–water partition coefficient (Wildman–Crippen LogP) is 0.476. The van der Waals surface area contributed by atoms with Crippen LogP contribution in [0.3, 0.4) is 0 Å². The van der Waals surface area contributed by atoms with Gasteiger partial charge in [-0.15, -0.1) is 0 Å². The number of hydrogen-bond donors (Lipinski definition) is 1. The lowest BCUT2D eigenvalue weighted by Crippen LogP contribution is -2.49. The second kappa shape index (κ2) is 3.19. The fourth-order valence-corrected chi connectivity index (χ4v) is 2.63. The Bertz CT molecular complexity index is 282. The Balaban J connectivity index is 1.55. The van der Waals surface area contributed by atoms with Crippen LogP contribution in [0.25, 0.3) is 0 Å². The topological polar surface area (TPSA) is 41.6 Å². The maximum absolute atomic E-state index is 12.0. The Labute approximate surface area is 90.0 Å². The monoisotopic (exact) mass is 210 g/mol. The van der Waals surface area contributed by atoms with E-state index in [9.17, 15) is 4.79 Å². The highest BCUT2D eigenvalue weighted by atomic mass is 16.5. The fraction of sp³-hybridized carbons (Fsp3) is 0.909. The smallest absolute Gasteiger partial charge is 0.244 e. The van der Waals surface area contributed by atoms with Gasteiger partial charge in [0.1, 0.15) is 0 Å². The molecule has 0 aromatic heterocycles. The highest BCUT2D eigenvalue weighted by Crippen LogP contribution is 2.42. The molecule has 0 atom stereocenters. The van der Waals surface area contributed by atoms with Gasteiger partial charge in [-0.1, -0.05) is 0 Å². The van der Waals surface area contributed by atoms with Crippen LogP contribution in [0.1, 0.15) is 32.6 Å². The summed E-state index contributed by atoms with van der Waals surface area (Å²) < 4.78 is 5.51. The average molecular weight is 210 g/mol. The van der Waals surface area contributed by atoms with Crippen LogP contribution in [0.2, 0.25) is 0 Å². The van der Waals surface area contributed by atoms with Gasteiger partial charge in [0.25, 0.3) is 0 Å². The van der Waals surface area contributed by atoms with E-state index in [-0.39, 0.29) is 5.54 Å². The minimum atomic E-state index is -0.128. The Morgan fingerprint density at radius 1 is 1.53 bits per heavy atom. The number of nitrogens with zero attached hydrogens (tertiary/aromatic N) is 1. The third-order valence-electron chi connectivity index (χ3n) is 3.92. The van der Waals surface area contributed by atoms with Gasteiger partial charge >= 0.3 is 0 Å². The van der Waals surface area contributed by atoms with E-state index in [0.29, 0.717) is 18.1 Å². The van der Waals surface area contributed by atoms with Crippen LogP contribution >= 0.6 is 0 Å². The van der Waals surface area contributed by atoms with Gasteiger partial charge in [0.15, 0.2) is 0 Å². The molecule has 0 bridgehead atoms. The third-order valence-corrected chi connectivity index (χ3v) is 3.92. The number of rotatable bonds is 3. The van der Waals surface area contributed by atoms with E-state index in [1.165, 1.54) is 0 Å². The summed E-state index contributed by atoms with van der Waals surface area (Å²) in [6, 6.07) is 0.432. The molecule has 3 rings (SSSR count). The van der Waals surface area contributed by atoms with E-state index in [2.05, 4.69) is 5.32 Å². The maximum atomic E-state index is 12.0. The van der Waals surface area contributed by atoms with Crippen molar-refractivity contribution >= 4 is 5.91 Å². The summed E-state index contributed by atoms with van der Waals surface area (Å²) >= 11 is 0. The van der Waals surface area contributed by atoms with Crippen LogP contribution in [0.5, 0.6) is 0 Å². The zero-order valence-electron chi connectivity index (χ0n) is 9.16. The number of ether oxygens (including phenoxy) is 1. The number of amides is 1. The molecule has 1 amide bonds. The van der Waals surface area contributed by atoms with Crippen LogP contribution in [-0.2, 0) is 9.53 Å². The highest BCUT2D eigenvalue weighted by Gasteiger charge is 2.57. The van der Waals surface area contributed by atoms with Gasteiger partial charge in [-0.05, 0) is 32.6 Å². The lowest BCUT2D eigenvalue weighted by atomic mass is 9.88. The number of carbonyl (C=O) groups excluding carboxylic acids is 1. The van der Waals surface area contributed by atoms with Crippen LogP contribution in [0.15, 0.2) is 0 Å². The second-order valence-electron chi connectivity index (χ2n) is 4.89. The van der Waals surface area contributed by atoms with Gasteiger partial charge in [0.05, 0.1) is 18.3 Å². The first-order valence-corrected chi connectivity index (χ1v) is 5.93. The minimum absolute atomic E-state index is 0.128. The average Bonchev–Trinajstić information content (AvgIpc) is 2.87. The maximum Gasteiger partial charge on any atom is 0.244 e. The summed E-state index contributed by atoms with van der Waals surface area (Å²) in [4.78, 5) is 14.0. The highest BCUT2D eigenvalue weighted by molar-refractivity contribution is 5.91. The van der Waals surface area contributed by atoms with E-state index < -0.39 is 0 Å². The summed E-state index contributed by atoms with van der Waals surface area (Å²) in [5.74, 6) is 0.336. The quantitative estimate of drug-likeness (QED) is 0.736. The Morgan fingerprint density at radius 3 is 2.80 bits per heavy atom. The number of hydrogen-bond acceptors (Lipinski definition) is 3. The molecular weight excluding hydrogens is 192 g/mol. The number of nitrogens with one attached hydrogen (secondary N) is 1. The van der Waals surface area contributed by atoms with Crippen molar-refractivity contribution in [2.24, 2.45) is 0 Å². The van der Waals surface area contributed by atoms with Gasteiger partial charge < -0.3 is 9.64 Å². The normalized spacial score (nSPS) is 37.1. The molecule has 84 valence electrons. The van der Waals surface area contributed by atoms with Crippen LogP contribution in [0, 0.1) is 0 Å².